The molecule has 0 saturated heterocycles. The molecule has 1 N–H and O–H groups in total. The maximum absolute atomic E-state index is 12.2. The highest BCUT2D eigenvalue weighted by molar-refractivity contribution is 5.95. The van der Waals surface area contributed by atoms with Gasteiger partial charge in [0, 0.05) is 12.1 Å². The van der Waals surface area contributed by atoms with Crippen LogP contribution in [-0.2, 0) is 6.42 Å². The minimum atomic E-state index is 0.0110. The molecule has 0 aliphatic heterocycles. The summed E-state index contributed by atoms with van der Waals surface area (Å²) in [5.74, 6) is 0.911. The van der Waals surface area contributed by atoms with Crippen molar-refractivity contribution >= 4 is 5.91 Å². The highest BCUT2D eigenvalue weighted by Crippen LogP contribution is 2.15. The van der Waals surface area contributed by atoms with Gasteiger partial charge in [-0.25, -0.2) is 0 Å². The van der Waals surface area contributed by atoms with Crippen molar-refractivity contribution in [2.75, 3.05) is 6.54 Å². The van der Waals surface area contributed by atoms with Gasteiger partial charge in [-0.1, -0.05) is 29.8 Å². The second kappa shape index (κ2) is 8.53. The topological polar surface area (TPSA) is 38.3 Å². The van der Waals surface area contributed by atoms with Crippen molar-refractivity contribution in [2.24, 2.45) is 0 Å². The van der Waals surface area contributed by atoms with E-state index in [1.54, 1.807) is 0 Å². The number of rotatable bonds is 7. The lowest BCUT2D eigenvalue weighted by atomic mass is 10.0. The van der Waals surface area contributed by atoms with Gasteiger partial charge in [0.1, 0.15) is 5.75 Å². The molecule has 0 radical (unpaired) electrons. The average Bonchev–Trinajstić information content (AvgIpc) is 2.54. The van der Waals surface area contributed by atoms with E-state index in [0.717, 1.165) is 35.3 Å². The molecule has 2 aromatic rings. The molecule has 0 spiro atoms. The molecule has 0 aliphatic rings. The summed E-state index contributed by atoms with van der Waals surface area (Å²) in [6.07, 6.45) is 2.05. The van der Waals surface area contributed by atoms with Crippen LogP contribution in [0.15, 0.2) is 42.5 Å². The lowest BCUT2D eigenvalue weighted by Gasteiger charge is -2.10. The molecule has 0 bridgehead atoms. The van der Waals surface area contributed by atoms with Gasteiger partial charge in [0.05, 0.1) is 6.10 Å². The van der Waals surface area contributed by atoms with E-state index in [2.05, 4.69) is 17.4 Å². The van der Waals surface area contributed by atoms with Crippen molar-refractivity contribution < 1.29 is 9.53 Å². The summed E-state index contributed by atoms with van der Waals surface area (Å²) in [7, 11) is 0. The van der Waals surface area contributed by atoms with Crippen LogP contribution in [0.5, 0.6) is 5.75 Å². The van der Waals surface area contributed by atoms with Crippen LogP contribution in [0.2, 0.25) is 0 Å². The molecule has 3 nitrogen and oxygen atoms in total. The summed E-state index contributed by atoms with van der Waals surface area (Å²) in [5, 5.41) is 3.01. The molecule has 0 fully saturated rings. The first-order valence-corrected chi connectivity index (χ1v) is 8.57. The Morgan fingerprint density at radius 3 is 2.46 bits per heavy atom. The number of aryl methyl sites for hydroxylation is 3. The third-order valence-corrected chi connectivity index (χ3v) is 3.86. The van der Waals surface area contributed by atoms with Crippen molar-refractivity contribution in [2.45, 2.75) is 46.6 Å². The molecule has 0 saturated carbocycles. The predicted octanol–water partition coefficient (Wildman–Crippen LogP) is 4.45. The van der Waals surface area contributed by atoms with Gasteiger partial charge in [0.15, 0.2) is 0 Å². The second-order valence-corrected chi connectivity index (χ2v) is 6.49. The van der Waals surface area contributed by atoms with E-state index in [1.165, 1.54) is 5.56 Å². The second-order valence-electron chi connectivity index (χ2n) is 6.49. The molecular formula is C21H27NO2. The Bertz CT molecular complexity index is 675. The van der Waals surface area contributed by atoms with Gasteiger partial charge >= 0.3 is 0 Å². The first-order chi connectivity index (χ1) is 11.5. The van der Waals surface area contributed by atoms with Crippen LogP contribution >= 0.6 is 0 Å². The quantitative estimate of drug-likeness (QED) is 0.764. The number of carbonyl (C=O) groups excluding carboxylic acids is 1. The van der Waals surface area contributed by atoms with Crippen molar-refractivity contribution in [3.63, 3.8) is 0 Å². The molecule has 2 rings (SSSR count). The number of amides is 1. The van der Waals surface area contributed by atoms with Crippen LogP contribution in [0, 0.1) is 13.8 Å². The SMILES string of the molecule is Cc1ccc(C)c(C(=O)NCCCc2ccc(OC(C)C)cc2)c1. The number of carbonyl (C=O) groups is 1. The Labute approximate surface area is 145 Å². The summed E-state index contributed by atoms with van der Waals surface area (Å²) in [4.78, 5) is 12.2. The van der Waals surface area contributed by atoms with Crippen LogP contribution in [0.4, 0.5) is 0 Å². The summed E-state index contributed by atoms with van der Waals surface area (Å²) in [6, 6.07) is 14.1. The van der Waals surface area contributed by atoms with E-state index < -0.39 is 0 Å². The Morgan fingerprint density at radius 2 is 1.79 bits per heavy atom. The van der Waals surface area contributed by atoms with E-state index in [0.29, 0.717) is 6.54 Å². The third-order valence-electron chi connectivity index (χ3n) is 3.86. The van der Waals surface area contributed by atoms with Crippen LogP contribution in [0.25, 0.3) is 0 Å². The molecule has 0 unspecified atom stereocenters. The van der Waals surface area contributed by atoms with Crippen molar-refractivity contribution in [1.29, 1.82) is 0 Å². The van der Waals surface area contributed by atoms with Gasteiger partial charge in [-0.05, 0) is 69.9 Å². The largest absolute Gasteiger partial charge is 0.491 e. The van der Waals surface area contributed by atoms with Crippen molar-refractivity contribution in [1.82, 2.24) is 5.32 Å². The Balaban J connectivity index is 1.78. The molecular weight excluding hydrogens is 298 g/mol. The zero-order valence-electron chi connectivity index (χ0n) is 15.1. The first kappa shape index (κ1) is 18.1. The number of hydrogen-bond donors (Lipinski definition) is 1. The van der Waals surface area contributed by atoms with Gasteiger partial charge < -0.3 is 10.1 Å². The third kappa shape index (κ3) is 5.41. The molecule has 24 heavy (non-hydrogen) atoms. The van der Waals surface area contributed by atoms with Crippen molar-refractivity contribution in [3.05, 3.63) is 64.7 Å². The number of hydrogen-bond acceptors (Lipinski definition) is 2. The van der Waals surface area contributed by atoms with Gasteiger partial charge in [-0.3, -0.25) is 4.79 Å². The van der Waals surface area contributed by atoms with Gasteiger partial charge in [-0.15, -0.1) is 0 Å². The Kier molecular flexibility index (Phi) is 6.42. The average molecular weight is 325 g/mol. The van der Waals surface area contributed by atoms with Crippen LogP contribution in [-0.4, -0.2) is 18.6 Å². The fraction of sp³-hybridized carbons (Fsp3) is 0.381. The zero-order chi connectivity index (χ0) is 17.5. The summed E-state index contributed by atoms with van der Waals surface area (Å²) >= 11 is 0. The summed E-state index contributed by atoms with van der Waals surface area (Å²) in [6.45, 7) is 8.69. The molecule has 128 valence electrons. The molecule has 0 heterocycles. The van der Waals surface area contributed by atoms with E-state index >= 15 is 0 Å². The first-order valence-electron chi connectivity index (χ1n) is 8.57. The Hall–Kier alpha value is -2.29. The summed E-state index contributed by atoms with van der Waals surface area (Å²) < 4.78 is 5.64. The van der Waals surface area contributed by atoms with Crippen LogP contribution < -0.4 is 10.1 Å². The molecule has 0 aliphatic carbocycles. The number of nitrogens with one attached hydrogen (secondary N) is 1. The van der Waals surface area contributed by atoms with Gasteiger partial charge in [0.25, 0.3) is 5.91 Å². The maximum Gasteiger partial charge on any atom is 0.251 e. The predicted molar refractivity (Wildman–Crippen MR) is 98.8 cm³/mol. The minimum Gasteiger partial charge on any atom is -0.491 e. The number of benzene rings is 2. The zero-order valence-corrected chi connectivity index (χ0v) is 15.1. The maximum atomic E-state index is 12.2. The fourth-order valence-corrected chi connectivity index (χ4v) is 2.58. The molecule has 2 aromatic carbocycles. The van der Waals surface area contributed by atoms with Crippen molar-refractivity contribution in [3.8, 4) is 5.75 Å². The van der Waals surface area contributed by atoms with E-state index in [-0.39, 0.29) is 12.0 Å². The van der Waals surface area contributed by atoms with Crippen LogP contribution in [0.3, 0.4) is 0 Å². The van der Waals surface area contributed by atoms with E-state index in [4.69, 9.17) is 4.74 Å². The van der Waals surface area contributed by atoms with E-state index in [9.17, 15) is 4.79 Å². The Morgan fingerprint density at radius 1 is 1.08 bits per heavy atom. The molecule has 1 amide bonds. The fourth-order valence-electron chi connectivity index (χ4n) is 2.58. The molecule has 0 aromatic heterocycles. The molecule has 3 heteroatoms. The number of ether oxygens (including phenoxy) is 1. The lowest BCUT2D eigenvalue weighted by molar-refractivity contribution is 0.0952. The van der Waals surface area contributed by atoms with Gasteiger partial charge in [-0.2, -0.15) is 0 Å². The normalized spacial score (nSPS) is 10.7. The standard InChI is InChI=1S/C21H27NO2/c1-15(2)24-19-11-9-18(10-12-19)6-5-13-22-21(23)20-14-16(3)7-8-17(20)4/h7-12,14-15H,5-6,13H2,1-4H3,(H,22,23). The lowest BCUT2D eigenvalue weighted by Crippen LogP contribution is -2.25. The smallest absolute Gasteiger partial charge is 0.251 e. The molecule has 0 atom stereocenters. The van der Waals surface area contributed by atoms with E-state index in [1.807, 2.05) is 58.0 Å². The highest BCUT2D eigenvalue weighted by atomic mass is 16.5. The minimum absolute atomic E-state index is 0.0110. The van der Waals surface area contributed by atoms with Gasteiger partial charge in [0.2, 0.25) is 0 Å². The van der Waals surface area contributed by atoms with Crippen LogP contribution in [0.1, 0.15) is 47.3 Å². The summed E-state index contributed by atoms with van der Waals surface area (Å²) in [5.41, 5.74) is 4.14. The monoisotopic (exact) mass is 325 g/mol. The highest BCUT2D eigenvalue weighted by Gasteiger charge is 2.08.